The molecule has 0 saturated heterocycles. The Bertz CT molecular complexity index is 285. The first-order valence-corrected chi connectivity index (χ1v) is 7.43. The Morgan fingerprint density at radius 1 is 1.38 bits per heavy atom. The lowest BCUT2D eigenvalue weighted by atomic mass is 10.5. The van der Waals surface area contributed by atoms with Crippen molar-refractivity contribution in [1.82, 2.24) is 4.57 Å². The maximum atomic E-state index is 11.4. The second-order valence-electron chi connectivity index (χ2n) is 3.33. The molecule has 0 aromatic carbocycles. The molecule has 0 atom stereocenters. The molecule has 1 aromatic rings. The molecule has 0 saturated carbocycles. The second kappa shape index (κ2) is 5.29. The normalized spacial score (nSPS) is 10.5. The number of nitrogens with zero attached hydrogens (tertiary/aromatic N) is 1. The summed E-state index contributed by atoms with van der Waals surface area (Å²) in [5.74, 6) is 0. The van der Waals surface area contributed by atoms with Crippen LogP contribution < -0.4 is 0 Å². The van der Waals surface area contributed by atoms with E-state index in [2.05, 4.69) is 0 Å². The lowest BCUT2D eigenvalue weighted by Crippen LogP contribution is -1.97. The largest absolute Gasteiger partial charge is 0.344 e. The Morgan fingerprint density at radius 3 is 2.23 bits per heavy atom. The Labute approximate surface area is 81.3 Å². The van der Waals surface area contributed by atoms with Gasteiger partial charge in [0.05, 0.1) is 6.29 Å². The predicted octanol–water partition coefficient (Wildman–Crippen LogP) is 3.40. The fourth-order valence-corrected chi connectivity index (χ4v) is 2.08. The van der Waals surface area contributed by atoms with E-state index < -0.39 is 7.14 Å². The minimum Gasteiger partial charge on any atom is -0.344 e. The summed E-state index contributed by atoms with van der Waals surface area (Å²) < 4.78 is 13.4. The third kappa shape index (κ3) is 4.94. The van der Waals surface area contributed by atoms with Gasteiger partial charge in [0, 0.05) is 11.9 Å². The van der Waals surface area contributed by atoms with Crippen LogP contribution in [0, 0.1) is 6.92 Å². The van der Waals surface area contributed by atoms with E-state index in [1.54, 1.807) is 0 Å². The molecule has 2 nitrogen and oxygen atoms in total. The zero-order valence-electron chi connectivity index (χ0n) is 9.24. The van der Waals surface area contributed by atoms with Crippen LogP contribution >= 0.6 is 7.14 Å². The molecule has 0 aliphatic heterocycles. The molecule has 0 N–H and O–H groups in total. The molecule has 1 rings (SSSR count). The third-order valence-corrected chi connectivity index (χ3v) is 2.54. The van der Waals surface area contributed by atoms with Crippen LogP contribution in [-0.4, -0.2) is 17.9 Å². The molecule has 1 heterocycles. The zero-order chi connectivity index (χ0) is 10.5. The quantitative estimate of drug-likeness (QED) is 0.672. The van der Waals surface area contributed by atoms with Crippen LogP contribution in [0.15, 0.2) is 18.3 Å². The van der Waals surface area contributed by atoms with Crippen molar-refractivity contribution < 1.29 is 4.57 Å². The molecule has 13 heavy (non-hydrogen) atoms. The molecular formula is C10H20NOP. The van der Waals surface area contributed by atoms with Crippen LogP contribution in [0.4, 0.5) is 0 Å². The number of aryl methyl sites for hydroxylation is 1. The Kier molecular flexibility index (Phi) is 5.09. The van der Waals surface area contributed by atoms with Crippen LogP contribution in [0.25, 0.3) is 0 Å². The second-order valence-corrected chi connectivity index (χ2v) is 6.77. The van der Waals surface area contributed by atoms with Crippen LogP contribution in [0.1, 0.15) is 19.5 Å². The summed E-state index contributed by atoms with van der Waals surface area (Å²) in [7, 11) is -1.92. The van der Waals surface area contributed by atoms with E-state index >= 15 is 0 Å². The molecule has 0 fully saturated rings. The van der Waals surface area contributed by atoms with Gasteiger partial charge in [0.25, 0.3) is 0 Å². The summed E-state index contributed by atoms with van der Waals surface area (Å²) >= 11 is 0. The van der Waals surface area contributed by atoms with Crippen LogP contribution in [0.5, 0.6) is 0 Å². The number of rotatable bonds is 2. The fourth-order valence-electron chi connectivity index (χ4n) is 1.03. The Morgan fingerprint density at radius 2 is 1.92 bits per heavy atom. The summed E-state index contributed by atoms with van der Waals surface area (Å²) in [6, 6.07) is 4.00. The smallest absolute Gasteiger partial charge is 0.100 e. The first-order valence-electron chi connectivity index (χ1n) is 4.65. The maximum absolute atomic E-state index is 11.4. The van der Waals surface area contributed by atoms with Crippen molar-refractivity contribution in [2.24, 2.45) is 0 Å². The Hall–Kier alpha value is -0.490. The SMILES string of the molecule is CC.Cc1cccn1CP(C)(C)=O. The molecule has 0 aliphatic carbocycles. The van der Waals surface area contributed by atoms with Crippen molar-refractivity contribution in [1.29, 1.82) is 0 Å². The van der Waals surface area contributed by atoms with Gasteiger partial charge in [-0.3, -0.25) is 0 Å². The van der Waals surface area contributed by atoms with Crippen molar-refractivity contribution in [3.05, 3.63) is 24.0 Å². The van der Waals surface area contributed by atoms with Gasteiger partial charge >= 0.3 is 0 Å². The van der Waals surface area contributed by atoms with E-state index in [9.17, 15) is 4.57 Å². The Balaban J connectivity index is 0.000000671. The highest BCUT2D eigenvalue weighted by Gasteiger charge is 2.07. The third-order valence-electron chi connectivity index (χ3n) is 1.55. The molecule has 1 aromatic heterocycles. The van der Waals surface area contributed by atoms with Crippen LogP contribution in [0.2, 0.25) is 0 Å². The lowest BCUT2D eigenvalue weighted by molar-refractivity contribution is 0.574. The maximum Gasteiger partial charge on any atom is 0.100 e. The highest BCUT2D eigenvalue weighted by atomic mass is 31.2. The predicted molar refractivity (Wildman–Crippen MR) is 60.0 cm³/mol. The van der Waals surface area contributed by atoms with E-state index in [-0.39, 0.29) is 0 Å². The van der Waals surface area contributed by atoms with Gasteiger partial charge in [-0.2, -0.15) is 0 Å². The molecule has 0 radical (unpaired) electrons. The van der Waals surface area contributed by atoms with Crippen molar-refractivity contribution >= 4 is 7.14 Å². The van der Waals surface area contributed by atoms with Crippen molar-refractivity contribution in [2.75, 3.05) is 13.3 Å². The number of aromatic nitrogens is 1. The summed E-state index contributed by atoms with van der Waals surface area (Å²) in [5, 5.41) is 0. The van der Waals surface area contributed by atoms with Crippen LogP contribution in [-0.2, 0) is 10.9 Å². The molecular weight excluding hydrogens is 181 g/mol. The van der Waals surface area contributed by atoms with E-state index in [4.69, 9.17) is 0 Å². The summed E-state index contributed by atoms with van der Waals surface area (Å²) in [4.78, 5) is 0. The van der Waals surface area contributed by atoms with E-state index in [1.807, 2.05) is 57.0 Å². The zero-order valence-corrected chi connectivity index (χ0v) is 10.1. The molecule has 0 spiro atoms. The van der Waals surface area contributed by atoms with Gasteiger partial charge < -0.3 is 9.13 Å². The fraction of sp³-hybridized carbons (Fsp3) is 0.600. The van der Waals surface area contributed by atoms with Crippen molar-refractivity contribution in [3.8, 4) is 0 Å². The number of hydrogen-bond donors (Lipinski definition) is 0. The average molecular weight is 201 g/mol. The summed E-state index contributed by atoms with van der Waals surface area (Å²) in [5.41, 5.74) is 1.17. The molecule has 0 amide bonds. The van der Waals surface area contributed by atoms with Gasteiger partial charge in [-0.05, 0) is 32.4 Å². The molecule has 0 unspecified atom stereocenters. The molecule has 0 bridgehead atoms. The van der Waals surface area contributed by atoms with Crippen LogP contribution in [0.3, 0.4) is 0 Å². The van der Waals surface area contributed by atoms with Gasteiger partial charge in [-0.25, -0.2) is 0 Å². The first kappa shape index (κ1) is 12.5. The van der Waals surface area contributed by atoms with Gasteiger partial charge in [0.15, 0.2) is 0 Å². The summed E-state index contributed by atoms with van der Waals surface area (Å²) in [6.07, 6.45) is 2.63. The van der Waals surface area contributed by atoms with Gasteiger partial charge in [-0.1, -0.05) is 13.8 Å². The minimum atomic E-state index is -1.92. The standard InChI is InChI=1S/C8H14NOP.C2H6/c1-8-5-4-6-9(8)7-11(2,3)10;1-2/h4-6H,7H2,1-3H3;1-2H3. The van der Waals surface area contributed by atoms with Crippen molar-refractivity contribution in [3.63, 3.8) is 0 Å². The van der Waals surface area contributed by atoms with Gasteiger partial charge in [0.2, 0.25) is 0 Å². The van der Waals surface area contributed by atoms with E-state index in [0.717, 1.165) is 0 Å². The van der Waals surface area contributed by atoms with E-state index in [0.29, 0.717) is 6.29 Å². The van der Waals surface area contributed by atoms with E-state index in [1.165, 1.54) is 5.69 Å². The monoisotopic (exact) mass is 201 g/mol. The highest BCUT2D eigenvalue weighted by Crippen LogP contribution is 2.38. The molecule has 3 heteroatoms. The minimum absolute atomic E-state index is 0.659. The summed E-state index contributed by atoms with van der Waals surface area (Å²) in [6.45, 7) is 9.65. The van der Waals surface area contributed by atoms with Gasteiger partial charge in [-0.15, -0.1) is 0 Å². The number of hydrogen-bond acceptors (Lipinski definition) is 1. The first-order chi connectivity index (χ1) is 5.99. The highest BCUT2D eigenvalue weighted by molar-refractivity contribution is 7.61. The average Bonchev–Trinajstić information content (AvgIpc) is 2.38. The molecule has 76 valence electrons. The molecule has 0 aliphatic rings. The van der Waals surface area contributed by atoms with Crippen molar-refractivity contribution in [2.45, 2.75) is 27.1 Å². The van der Waals surface area contributed by atoms with Gasteiger partial charge in [0.1, 0.15) is 7.14 Å². The lowest BCUT2D eigenvalue weighted by Gasteiger charge is -2.09. The topological polar surface area (TPSA) is 22.0 Å².